The van der Waals surface area contributed by atoms with Gasteiger partial charge in [0.25, 0.3) is 0 Å². The Balaban J connectivity index is 2.92. The Labute approximate surface area is 82.9 Å². The van der Waals surface area contributed by atoms with Crippen molar-refractivity contribution < 1.29 is 17.9 Å². The van der Waals surface area contributed by atoms with E-state index < -0.39 is 18.4 Å². The van der Waals surface area contributed by atoms with Crippen molar-refractivity contribution in [1.82, 2.24) is 9.97 Å². The summed E-state index contributed by atoms with van der Waals surface area (Å²) in [4.78, 5) is 6.92. The van der Waals surface area contributed by atoms with Crippen molar-refractivity contribution in [2.24, 2.45) is 0 Å². The summed E-state index contributed by atoms with van der Waals surface area (Å²) < 4.78 is 40.5. The summed E-state index contributed by atoms with van der Waals surface area (Å²) in [6.07, 6.45) is -5.57. The van der Waals surface area contributed by atoms with Gasteiger partial charge in [0.2, 0.25) is 5.88 Å². The van der Waals surface area contributed by atoms with E-state index in [-0.39, 0.29) is 11.0 Å². The number of alkyl halides is 3. The van der Waals surface area contributed by atoms with Crippen LogP contribution in [0.2, 0.25) is 5.15 Å². The van der Waals surface area contributed by atoms with Crippen molar-refractivity contribution in [3.63, 3.8) is 0 Å². The molecule has 14 heavy (non-hydrogen) atoms. The molecular formula is C7H6ClF3N2O. The summed E-state index contributed by atoms with van der Waals surface area (Å²) in [6.45, 7) is 0. The van der Waals surface area contributed by atoms with Crippen molar-refractivity contribution in [3.05, 3.63) is 17.0 Å². The zero-order valence-electron chi connectivity index (χ0n) is 7.10. The molecule has 0 aliphatic heterocycles. The van der Waals surface area contributed by atoms with E-state index >= 15 is 0 Å². The second-order valence-electron chi connectivity index (χ2n) is 2.44. The van der Waals surface area contributed by atoms with Crippen LogP contribution >= 0.6 is 11.6 Å². The molecule has 1 heterocycles. The summed E-state index contributed by atoms with van der Waals surface area (Å²) in [6, 6.07) is 1.24. The van der Waals surface area contributed by atoms with Gasteiger partial charge in [0.05, 0.1) is 7.11 Å². The third-order valence-corrected chi connectivity index (χ3v) is 1.48. The Morgan fingerprint density at radius 3 is 2.57 bits per heavy atom. The van der Waals surface area contributed by atoms with Gasteiger partial charge in [0.15, 0.2) is 0 Å². The molecule has 1 aromatic heterocycles. The predicted molar refractivity (Wildman–Crippen MR) is 43.4 cm³/mol. The highest BCUT2D eigenvalue weighted by atomic mass is 35.5. The normalized spacial score (nSPS) is 11.5. The molecule has 0 radical (unpaired) electrons. The van der Waals surface area contributed by atoms with Crippen LogP contribution < -0.4 is 4.74 Å². The molecule has 0 amide bonds. The molecule has 0 aliphatic carbocycles. The lowest BCUT2D eigenvalue weighted by molar-refractivity contribution is -0.128. The standard InChI is InChI=1S/C7H6ClF3N2O/c1-14-6-2-4(8)12-5(13-6)3-7(9,10)11/h2H,3H2,1H3. The predicted octanol–water partition coefficient (Wildman–Crippen LogP) is 2.24. The molecule has 0 aliphatic rings. The molecule has 0 bridgehead atoms. The quantitative estimate of drug-likeness (QED) is 0.726. The van der Waals surface area contributed by atoms with E-state index in [9.17, 15) is 13.2 Å². The Bertz CT molecular complexity index is 329. The van der Waals surface area contributed by atoms with Crippen LogP contribution in [0.5, 0.6) is 5.88 Å². The van der Waals surface area contributed by atoms with Gasteiger partial charge < -0.3 is 4.74 Å². The largest absolute Gasteiger partial charge is 0.481 e. The second-order valence-corrected chi connectivity index (χ2v) is 2.83. The topological polar surface area (TPSA) is 35.0 Å². The molecule has 0 unspecified atom stereocenters. The number of hydrogen-bond donors (Lipinski definition) is 0. The lowest BCUT2D eigenvalue weighted by Crippen LogP contribution is -2.14. The first-order valence-corrected chi connectivity index (χ1v) is 3.93. The minimum absolute atomic E-state index is 0.0178. The number of halogens is 4. The fraction of sp³-hybridized carbons (Fsp3) is 0.429. The van der Waals surface area contributed by atoms with Crippen LogP contribution in [-0.4, -0.2) is 23.3 Å². The van der Waals surface area contributed by atoms with Crippen molar-refractivity contribution in [1.29, 1.82) is 0 Å². The van der Waals surface area contributed by atoms with E-state index in [1.165, 1.54) is 13.2 Å². The van der Waals surface area contributed by atoms with Crippen molar-refractivity contribution in [2.75, 3.05) is 7.11 Å². The van der Waals surface area contributed by atoms with Crippen LogP contribution in [0.4, 0.5) is 13.2 Å². The Hall–Kier alpha value is -1.04. The van der Waals surface area contributed by atoms with Gasteiger partial charge in [0.1, 0.15) is 17.4 Å². The Kier molecular flexibility index (Phi) is 3.15. The molecule has 0 saturated heterocycles. The second kappa shape index (κ2) is 4.00. The van der Waals surface area contributed by atoms with E-state index in [4.69, 9.17) is 11.6 Å². The van der Waals surface area contributed by atoms with Crippen molar-refractivity contribution in [3.8, 4) is 5.88 Å². The summed E-state index contributed by atoms with van der Waals surface area (Å²) in [5.74, 6) is -0.383. The molecule has 0 spiro atoms. The van der Waals surface area contributed by atoms with Gasteiger partial charge in [-0.3, -0.25) is 0 Å². The van der Waals surface area contributed by atoms with Crippen LogP contribution in [0.15, 0.2) is 6.07 Å². The lowest BCUT2D eigenvalue weighted by Gasteiger charge is -2.06. The Morgan fingerprint density at radius 2 is 2.07 bits per heavy atom. The van der Waals surface area contributed by atoms with Crippen LogP contribution in [0.1, 0.15) is 5.82 Å². The highest BCUT2D eigenvalue weighted by Crippen LogP contribution is 2.21. The minimum atomic E-state index is -4.35. The van der Waals surface area contributed by atoms with Crippen molar-refractivity contribution in [2.45, 2.75) is 12.6 Å². The summed E-state index contributed by atoms with van der Waals surface area (Å²) in [5.41, 5.74) is 0. The van der Waals surface area contributed by atoms with Gasteiger partial charge in [-0.15, -0.1) is 0 Å². The molecule has 1 aromatic rings. The maximum absolute atomic E-state index is 11.9. The average Bonchev–Trinajstić information content (AvgIpc) is 1.99. The zero-order chi connectivity index (χ0) is 10.8. The third kappa shape index (κ3) is 3.37. The summed E-state index contributed by atoms with van der Waals surface area (Å²) in [5, 5.41) is -0.0731. The first kappa shape index (κ1) is 11.0. The molecule has 0 N–H and O–H groups in total. The molecule has 0 atom stereocenters. The van der Waals surface area contributed by atoms with Gasteiger partial charge in [-0.25, -0.2) is 4.98 Å². The lowest BCUT2D eigenvalue weighted by atomic mass is 10.4. The Morgan fingerprint density at radius 1 is 1.43 bits per heavy atom. The SMILES string of the molecule is COc1cc(Cl)nc(CC(F)(F)F)n1. The van der Waals surface area contributed by atoms with E-state index in [0.29, 0.717) is 0 Å². The number of hydrogen-bond acceptors (Lipinski definition) is 3. The molecule has 7 heteroatoms. The molecule has 0 aromatic carbocycles. The highest BCUT2D eigenvalue weighted by Gasteiger charge is 2.29. The maximum Gasteiger partial charge on any atom is 0.396 e. The average molecular weight is 227 g/mol. The maximum atomic E-state index is 11.9. The fourth-order valence-electron chi connectivity index (χ4n) is 0.805. The van der Waals surface area contributed by atoms with Gasteiger partial charge in [-0.2, -0.15) is 18.2 Å². The minimum Gasteiger partial charge on any atom is -0.481 e. The van der Waals surface area contributed by atoms with Gasteiger partial charge in [0, 0.05) is 6.07 Å². The van der Waals surface area contributed by atoms with E-state index in [2.05, 4.69) is 14.7 Å². The molecule has 0 fully saturated rings. The zero-order valence-corrected chi connectivity index (χ0v) is 7.85. The van der Waals surface area contributed by atoms with Gasteiger partial charge in [-0.05, 0) is 0 Å². The number of aromatic nitrogens is 2. The number of rotatable bonds is 2. The third-order valence-electron chi connectivity index (χ3n) is 1.29. The van der Waals surface area contributed by atoms with Crippen molar-refractivity contribution >= 4 is 11.6 Å². The van der Waals surface area contributed by atoms with Gasteiger partial charge >= 0.3 is 6.18 Å². The fourth-order valence-corrected chi connectivity index (χ4v) is 0.996. The van der Waals surface area contributed by atoms with Crippen LogP contribution in [0, 0.1) is 0 Å². The van der Waals surface area contributed by atoms with Crippen LogP contribution in [0.3, 0.4) is 0 Å². The number of nitrogens with zero attached hydrogens (tertiary/aromatic N) is 2. The van der Waals surface area contributed by atoms with Crippen LogP contribution in [0.25, 0.3) is 0 Å². The number of ether oxygens (including phenoxy) is 1. The molecule has 0 saturated carbocycles. The smallest absolute Gasteiger partial charge is 0.396 e. The molecule has 78 valence electrons. The molecular weight excluding hydrogens is 221 g/mol. The van der Waals surface area contributed by atoms with E-state index in [1.807, 2.05) is 0 Å². The molecule has 3 nitrogen and oxygen atoms in total. The van der Waals surface area contributed by atoms with E-state index in [1.54, 1.807) is 0 Å². The van der Waals surface area contributed by atoms with E-state index in [0.717, 1.165) is 0 Å². The summed E-state index contributed by atoms with van der Waals surface area (Å²) >= 11 is 5.46. The molecule has 1 rings (SSSR count). The first-order valence-electron chi connectivity index (χ1n) is 3.55. The highest BCUT2D eigenvalue weighted by molar-refractivity contribution is 6.29. The van der Waals surface area contributed by atoms with Crippen LogP contribution in [-0.2, 0) is 6.42 Å². The summed E-state index contributed by atoms with van der Waals surface area (Å²) in [7, 11) is 1.29. The first-order chi connectivity index (χ1) is 6.40. The number of methoxy groups -OCH3 is 1. The monoisotopic (exact) mass is 226 g/mol. The van der Waals surface area contributed by atoms with Gasteiger partial charge in [-0.1, -0.05) is 11.6 Å².